The number of aliphatic hydroxyl groups excluding tert-OH is 1. The zero-order valence-corrected chi connectivity index (χ0v) is 44.9. The van der Waals surface area contributed by atoms with E-state index in [4.69, 9.17) is 19.4 Å². The minimum atomic E-state index is -0.867. The predicted octanol–water partition coefficient (Wildman–Crippen LogP) is 10.1. The molecule has 4 heterocycles. The number of aromatic nitrogens is 3. The van der Waals surface area contributed by atoms with Crippen LogP contribution >= 0.6 is 22.7 Å². The summed E-state index contributed by atoms with van der Waals surface area (Å²) >= 11 is 3.32. The third-order valence-corrected chi connectivity index (χ3v) is 15.5. The molecule has 3 amide bonds. The molecule has 0 bridgehead atoms. The molecule has 3 aromatic heterocycles. The zero-order chi connectivity index (χ0) is 51.5. The Bertz CT molecular complexity index is 2800. The van der Waals surface area contributed by atoms with Crippen LogP contribution in [0.1, 0.15) is 118 Å². The average Bonchev–Trinajstić information content (AvgIpc) is 4.13. The number of fused-ring (bicyclic) bond motifs is 1. The van der Waals surface area contributed by atoms with E-state index in [-0.39, 0.29) is 49.7 Å². The number of nitrogens with zero attached hydrogens (tertiary/aromatic N) is 4. The molecule has 1 aliphatic heterocycles. The van der Waals surface area contributed by atoms with Gasteiger partial charge in [0.1, 0.15) is 23.7 Å². The molecule has 384 valence electrons. The van der Waals surface area contributed by atoms with E-state index in [1.165, 1.54) is 26.5 Å². The predicted molar refractivity (Wildman–Crippen MR) is 290 cm³/mol. The van der Waals surface area contributed by atoms with Crippen LogP contribution in [0, 0.1) is 19.3 Å². The van der Waals surface area contributed by atoms with Crippen LogP contribution in [-0.4, -0.2) is 88.7 Å². The van der Waals surface area contributed by atoms with Gasteiger partial charge in [0.15, 0.2) is 11.5 Å². The number of thiophene rings is 1. The number of rotatable bonds is 23. The number of anilines is 1. The van der Waals surface area contributed by atoms with Crippen LogP contribution in [0.15, 0.2) is 71.6 Å². The minimum absolute atomic E-state index is 0.0129. The van der Waals surface area contributed by atoms with Crippen molar-refractivity contribution in [3.05, 3.63) is 105 Å². The standard InChI is InChI=1S/C56H72N8O6S2/c1-34(47-26-40(32-71-47)42-19-17-16-18-39(42)30-57-7)60-53-44-28-46(69-8)50(70-9)43(49(44)61-36(3)62-53)20-14-12-10-11-13-15-21-48(66)63-52(56(4,5)6)55(68)64-31-41(65)27-45(64)54(67)58-29-37-22-24-38(25-23-37)51-35(2)59-33-72-51/h16-19,22-26,28,32-34,41,45,52,57,65H,10-15,20-21,27,29-31H2,1-9H3,(H,58,67)(H,63,66)(H,60,61,62)/t34-,41-,45+,52-/m1/s1. The Hall–Kier alpha value is -5.94. The first kappa shape index (κ1) is 53.8. The van der Waals surface area contributed by atoms with Crippen molar-refractivity contribution < 1.29 is 29.0 Å². The number of aliphatic hydroxyl groups is 1. The van der Waals surface area contributed by atoms with Crippen LogP contribution in [0.5, 0.6) is 11.5 Å². The number of likely N-dealkylation sites (tertiary alicyclic amines) is 1. The molecule has 0 aliphatic carbocycles. The number of aryl methyl sites for hydroxylation is 3. The lowest BCUT2D eigenvalue weighted by molar-refractivity contribution is -0.144. The number of carbonyl (C=O) groups excluding carboxylic acids is 3. The fraction of sp³-hybridized carbons (Fsp3) is 0.464. The monoisotopic (exact) mass is 1020 g/mol. The van der Waals surface area contributed by atoms with Gasteiger partial charge in [-0.05, 0) is 97.8 Å². The van der Waals surface area contributed by atoms with E-state index in [0.717, 1.165) is 89.1 Å². The summed E-state index contributed by atoms with van der Waals surface area (Å²) in [4.78, 5) is 59.0. The van der Waals surface area contributed by atoms with Gasteiger partial charge in [-0.2, -0.15) is 0 Å². The number of unbranched alkanes of at least 4 members (excludes halogenated alkanes) is 5. The number of hydrogen-bond acceptors (Lipinski definition) is 13. The van der Waals surface area contributed by atoms with Crippen molar-refractivity contribution in [1.29, 1.82) is 0 Å². The number of thiazole rings is 1. The third-order valence-electron chi connectivity index (χ3n) is 13.4. The first-order valence-electron chi connectivity index (χ1n) is 25.1. The molecular weight excluding hydrogens is 945 g/mol. The second-order valence-corrected chi connectivity index (χ2v) is 21.8. The van der Waals surface area contributed by atoms with Gasteiger partial charge in [0.2, 0.25) is 17.7 Å². The third kappa shape index (κ3) is 13.2. The van der Waals surface area contributed by atoms with Crippen LogP contribution < -0.4 is 30.7 Å². The Labute approximate surface area is 432 Å². The maximum absolute atomic E-state index is 14.2. The van der Waals surface area contributed by atoms with E-state index in [1.54, 1.807) is 36.9 Å². The van der Waals surface area contributed by atoms with Crippen LogP contribution in [0.2, 0.25) is 0 Å². The first-order chi connectivity index (χ1) is 34.6. The molecule has 0 saturated carbocycles. The summed E-state index contributed by atoms with van der Waals surface area (Å²) in [5.41, 5.74) is 9.68. The molecule has 1 fully saturated rings. The molecule has 16 heteroatoms. The van der Waals surface area contributed by atoms with Crippen molar-refractivity contribution in [2.24, 2.45) is 5.41 Å². The van der Waals surface area contributed by atoms with Gasteiger partial charge in [0.25, 0.3) is 0 Å². The Morgan fingerprint density at radius 3 is 2.33 bits per heavy atom. The van der Waals surface area contributed by atoms with Crippen molar-refractivity contribution in [3.63, 3.8) is 0 Å². The molecular formula is C56H72N8O6S2. The Kier molecular flexibility index (Phi) is 18.4. The molecule has 14 nitrogen and oxygen atoms in total. The molecule has 3 aromatic carbocycles. The van der Waals surface area contributed by atoms with Gasteiger partial charge in [-0.15, -0.1) is 22.7 Å². The lowest BCUT2D eigenvalue weighted by Crippen LogP contribution is -2.57. The summed E-state index contributed by atoms with van der Waals surface area (Å²) in [7, 11) is 5.29. The highest BCUT2D eigenvalue weighted by molar-refractivity contribution is 7.13. The number of amides is 3. The van der Waals surface area contributed by atoms with Gasteiger partial charge in [-0.3, -0.25) is 14.4 Å². The number of methoxy groups -OCH3 is 2. The van der Waals surface area contributed by atoms with Crippen molar-refractivity contribution in [3.8, 4) is 33.1 Å². The molecule has 1 aliphatic rings. The van der Waals surface area contributed by atoms with Gasteiger partial charge in [-0.1, -0.05) is 95.0 Å². The second kappa shape index (κ2) is 24.7. The highest BCUT2D eigenvalue weighted by Crippen LogP contribution is 2.41. The van der Waals surface area contributed by atoms with Gasteiger partial charge in [0, 0.05) is 48.3 Å². The minimum Gasteiger partial charge on any atom is -0.493 e. The largest absolute Gasteiger partial charge is 0.493 e. The van der Waals surface area contributed by atoms with Crippen LogP contribution in [-0.2, 0) is 33.9 Å². The smallest absolute Gasteiger partial charge is 0.246 e. The normalized spacial score (nSPS) is 15.6. The van der Waals surface area contributed by atoms with Crippen molar-refractivity contribution in [1.82, 2.24) is 35.8 Å². The molecule has 0 spiro atoms. The number of benzene rings is 3. The van der Waals surface area contributed by atoms with Crippen LogP contribution in [0.25, 0.3) is 32.5 Å². The maximum Gasteiger partial charge on any atom is 0.246 e. The topological polar surface area (TPSA) is 180 Å². The number of nitrogens with one attached hydrogen (secondary N) is 4. The quantitative estimate of drug-likeness (QED) is 0.0386. The van der Waals surface area contributed by atoms with Crippen molar-refractivity contribution >= 4 is 57.1 Å². The number of β-amino-alcohol motifs (C(OH)–C–C–N with tert-alkyl or cyclic N) is 1. The fourth-order valence-corrected chi connectivity index (χ4v) is 11.3. The molecule has 5 N–H and O–H groups in total. The van der Waals surface area contributed by atoms with Gasteiger partial charge < -0.3 is 40.7 Å². The van der Waals surface area contributed by atoms with E-state index in [2.05, 4.69) is 68.9 Å². The molecule has 7 rings (SSSR count). The lowest BCUT2D eigenvalue weighted by Gasteiger charge is -2.35. The zero-order valence-electron chi connectivity index (χ0n) is 43.3. The molecule has 6 aromatic rings. The van der Waals surface area contributed by atoms with E-state index >= 15 is 0 Å². The maximum atomic E-state index is 14.2. The average molecular weight is 1020 g/mol. The first-order valence-corrected chi connectivity index (χ1v) is 26.9. The number of hydrogen-bond donors (Lipinski definition) is 5. The Balaban J connectivity index is 0.894. The Morgan fingerprint density at radius 2 is 1.64 bits per heavy atom. The summed E-state index contributed by atoms with van der Waals surface area (Å²) in [6.07, 6.45) is 5.72. The van der Waals surface area contributed by atoms with Gasteiger partial charge >= 0.3 is 0 Å². The summed E-state index contributed by atoms with van der Waals surface area (Å²) < 4.78 is 11.8. The van der Waals surface area contributed by atoms with Gasteiger partial charge in [0.05, 0.1) is 48.0 Å². The van der Waals surface area contributed by atoms with E-state index < -0.39 is 23.6 Å². The van der Waals surface area contributed by atoms with E-state index in [9.17, 15) is 19.5 Å². The van der Waals surface area contributed by atoms with Gasteiger partial charge in [-0.25, -0.2) is 15.0 Å². The molecule has 72 heavy (non-hydrogen) atoms. The molecule has 4 atom stereocenters. The molecule has 1 saturated heterocycles. The summed E-state index contributed by atoms with van der Waals surface area (Å²) in [5.74, 6) is 1.83. The molecule has 0 unspecified atom stereocenters. The Morgan fingerprint density at radius 1 is 0.903 bits per heavy atom. The highest BCUT2D eigenvalue weighted by atomic mass is 32.1. The van der Waals surface area contributed by atoms with E-state index in [1.807, 2.05) is 77.5 Å². The highest BCUT2D eigenvalue weighted by Gasteiger charge is 2.44. The summed E-state index contributed by atoms with van der Waals surface area (Å²) in [6, 6.07) is 19.0. The second-order valence-electron chi connectivity index (χ2n) is 20.0. The molecule has 0 radical (unpaired) electrons. The summed E-state index contributed by atoms with van der Waals surface area (Å²) in [6.45, 7) is 12.9. The van der Waals surface area contributed by atoms with E-state index in [0.29, 0.717) is 23.7 Å². The lowest BCUT2D eigenvalue weighted by atomic mass is 9.85. The van der Waals surface area contributed by atoms with Crippen molar-refractivity contribution in [2.45, 2.75) is 137 Å². The number of carbonyl (C=O) groups is 3. The SMILES string of the molecule is CNCc1ccccc1-c1csc([C@@H](C)Nc2nc(C)nc3c(CCCCCCCCC(=O)N[C@H](C(=O)N4C[C@H](O)C[C@H]4C(=O)NCc4ccc(-c5scnc5C)cc4)C(C)(C)C)c(OC)c(OC)cc23)c1. The van der Waals surface area contributed by atoms with Crippen LogP contribution in [0.3, 0.4) is 0 Å². The van der Waals surface area contributed by atoms with Crippen molar-refractivity contribution in [2.75, 3.05) is 33.1 Å². The summed E-state index contributed by atoms with van der Waals surface area (Å²) in [5, 5.41) is 26.7. The number of ether oxygens (including phenoxy) is 2. The van der Waals surface area contributed by atoms with Crippen LogP contribution in [0.4, 0.5) is 5.82 Å². The fourth-order valence-electron chi connectivity index (χ4n) is 9.57.